The lowest BCUT2D eigenvalue weighted by Crippen LogP contribution is -2.72. The monoisotopic (exact) mass is 1840 g/mol. The number of aliphatic hydroxyl groups is 27. The van der Waals surface area contributed by atoms with Crippen LogP contribution in [0.3, 0.4) is 0 Å². The van der Waals surface area contributed by atoms with E-state index in [1.54, 1.807) is 0 Å². The van der Waals surface area contributed by atoms with Gasteiger partial charge in [0.05, 0.1) is 66.1 Å². The van der Waals surface area contributed by atoms with E-state index < -0.39 is 402 Å². The predicted molar refractivity (Wildman–Crippen MR) is 388 cm³/mol. The fourth-order valence-electron chi connectivity index (χ4n) is 16.3. The lowest BCUT2D eigenvalue weighted by Gasteiger charge is -2.52. The van der Waals surface area contributed by atoms with Gasteiger partial charge in [-0.25, -0.2) is 0 Å². The highest BCUT2D eigenvalue weighted by Gasteiger charge is 2.63. The summed E-state index contributed by atoms with van der Waals surface area (Å²) in [6, 6.07) is -9.84. The Morgan fingerprint density at radius 2 is 0.460 bits per heavy atom. The average molecular weight is 1840 g/mol. The number of nitrogens with one attached hydrogen (secondary N) is 5. The van der Waals surface area contributed by atoms with Gasteiger partial charge in [-0.3, -0.25) is 24.0 Å². The molecule has 10 aliphatic heterocycles. The highest BCUT2D eigenvalue weighted by Crippen LogP contribution is 2.42. The number of hydrogen-bond acceptors (Lipinski definition) is 51. The second-order valence-corrected chi connectivity index (χ2v) is 31.7. The van der Waals surface area contributed by atoms with Gasteiger partial charge in [0.25, 0.3) is 0 Å². The predicted octanol–water partition coefficient (Wildman–Crippen LogP) is -22.1. The van der Waals surface area contributed by atoms with Crippen molar-refractivity contribution in [1.29, 1.82) is 0 Å². The Labute approximate surface area is 713 Å². The van der Waals surface area contributed by atoms with Crippen LogP contribution in [0.5, 0.6) is 0 Å². The lowest BCUT2D eigenvalue weighted by atomic mass is 9.93. The number of ether oxygens (including phenoxy) is 19. The molecule has 56 heteroatoms. The van der Waals surface area contributed by atoms with Gasteiger partial charge >= 0.3 is 0 Å². The van der Waals surface area contributed by atoms with E-state index in [9.17, 15) is 162 Å². The van der Waals surface area contributed by atoms with E-state index in [1.807, 2.05) is 0 Å². The minimum absolute atomic E-state index is 0.827. The van der Waals surface area contributed by atoms with Gasteiger partial charge in [0.2, 0.25) is 29.5 Å². The third-order valence-corrected chi connectivity index (χ3v) is 22.9. The van der Waals surface area contributed by atoms with Crippen LogP contribution >= 0.6 is 0 Å². The van der Waals surface area contributed by atoms with Gasteiger partial charge in [-0.2, -0.15) is 0 Å². The Balaban J connectivity index is 1.11. The molecule has 50 atom stereocenters. The maximum Gasteiger partial charge on any atom is 0.217 e. The van der Waals surface area contributed by atoms with Crippen molar-refractivity contribution < 1.29 is 252 Å². The molecule has 32 N–H and O–H groups in total. The summed E-state index contributed by atoms with van der Waals surface area (Å²) in [5.74, 6) is -4.87. The molecule has 10 fully saturated rings. The van der Waals surface area contributed by atoms with Crippen molar-refractivity contribution in [2.24, 2.45) is 0 Å². The van der Waals surface area contributed by atoms with E-state index in [1.165, 1.54) is 0 Å². The molecule has 0 aromatic carbocycles. The molecular weight excluding hydrogens is 1730 g/mol. The summed E-state index contributed by atoms with van der Waals surface area (Å²) in [5, 5.41) is 316. The van der Waals surface area contributed by atoms with Crippen molar-refractivity contribution in [3.63, 3.8) is 0 Å². The third-order valence-electron chi connectivity index (χ3n) is 22.9. The first kappa shape index (κ1) is 104. The maximum absolute atomic E-state index is 13.4. The van der Waals surface area contributed by atoms with Gasteiger partial charge in [-0.15, -0.1) is 0 Å². The lowest BCUT2D eigenvalue weighted by molar-refractivity contribution is -0.409. The Morgan fingerprint density at radius 1 is 0.206 bits per heavy atom. The minimum atomic E-state index is -2.79. The molecule has 56 nitrogen and oxygen atoms in total. The smallest absolute Gasteiger partial charge is 0.217 e. The molecule has 126 heavy (non-hydrogen) atoms. The molecule has 10 heterocycles. The SMILES string of the molecule is CC(=O)NC1C(O)OC(CO)C(OC2OC(CO)C(OC3OC(COC4OC(CO)C(O)C(O)C4OC4OC(CO)C(O)C(OC5OC(CO)C(O)C(O)C5O)C4NC(C)=O)C(OC4OC(CO)C(O)C(O)C4NC(C)=O)C(OC4OC(CO)C(O)C(O)C4OC4OC(CO)C(O)C(OC5OC(CO)C(O)C(O)C5O)C4NC(C)=O)C3O)C(O)C2NC(C)=O)C1O. The van der Waals surface area contributed by atoms with Crippen LogP contribution in [-0.2, 0) is 114 Å². The van der Waals surface area contributed by atoms with Crippen molar-refractivity contribution >= 4 is 29.5 Å². The number of carbonyl (C=O) groups is 5. The van der Waals surface area contributed by atoms with Crippen molar-refractivity contribution in [2.45, 2.75) is 341 Å². The van der Waals surface area contributed by atoms with E-state index in [4.69, 9.17) is 90.0 Å². The molecule has 728 valence electrons. The van der Waals surface area contributed by atoms with E-state index in [0.717, 1.165) is 34.6 Å². The molecule has 0 aromatic heterocycles. The van der Waals surface area contributed by atoms with Crippen molar-refractivity contribution in [2.75, 3.05) is 66.1 Å². The Bertz CT molecular complexity index is 3440. The second-order valence-electron chi connectivity index (χ2n) is 31.7. The number of amides is 5. The van der Waals surface area contributed by atoms with Gasteiger partial charge in [0.15, 0.2) is 62.9 Å². The highest BCUT2D eigenvalue weighted by atomic mass is 16.8. The van der Waals surface area contributed by atoms with E-state index >= 15 is 0 Å². The van der Waals surface area contributed by atoms with Crippen molar-refractivity contribution in [3.8, 4) is 0 Å². The highest BCUT2D eigenvalue weighted by molar-refractivity contribution is 5.75. The summed E-state index contributed by atoms with van der Waals surface area (Å²) in [7, 11) is 0. The van der Waals surface area contributed by atoms with E-state index in [0.29, 0.717) is 0 Å². The quantitative estimate of drug-likeness (QED) is 0.0290. The van der Waals surface area contributed by atoms with Crippen LogP contribution in [0.15, 0.2) is 0 Å². The van der Waals surface area contributed by atoms with Crippen LogP contribution in [-0.4, -0.2) is 540 Å². The largest absolute Gasteiger partial charge is 0.394 e. The van der Waals surface area contributed by atoms with Crippen LogP contribution in [0.1, 0.15) is 34.6 Å². The average Bonchev–Trinajstić information content (AvgIpc) is 0.765. The molecule has 50 unspecified atom stereocenters. The fourth-order valence-corrected chi connectivity index (χ4v) is 16.3. The number of aliphatic hydroxyl groups excluding tert-OH is 27. The zero-order chi connectivity index (χ0) is 92.8. The van der Waals surface area contributed by atoms with Crippen molar-refractivity contribution in [3.05, 3.63) is 0 Å². The molecule has 0 aromatic rings. The second kappa shape index (κ2) is 45.5. The van der Waals surface area contributed by atoms with Crippen LogP contribution in [0.4, 0.5) is 0 Å². The summed E-state index contributed by atoms with van der Waals surface area (Å²) in [4.78, 5) is 65.3. The Morgan fingerprint density at radius 3 is 0.865 bits per heavy atom. The molecule has 5 amide bonds. The van der Waals surface area contributed by atoms with Crippen LogP contribution in [0, 0.1) is 0 Å². The molecule has 10 aliphatic rings. The molecule has 10 rings (SSSR count). The summed E-state index contributed by atoms with van der Waals surface area (Å²) in [6.45, 7) is -7.25. The first-order chi connectivity index (χ1) is 59.6. The van der Waals surface area contributed by atoms with Gasteiger partial charge in [0, 0.05) is 34.6 Å². The molecular formula is C70H117N5O51. The first-order valence-corrected chi connectivity index (χ1v) is 40.1. The van der Waals surface area contributed by atoms with Crippen LogP contribution < -0.4 is 26.6 Å². The topological polar surface area (TPSA) is 867 Å². The summed E-state index contributed by atoms with van der Waals surface area (Å²) in [6.07, 6.45) is -99.0. The number of carbonyl (C=O) groups excluding carboxylic acids is 5. The molecule has 10 saturated heterocycles. The Kier molecular flexibility index (Phi) is 37.4. The van der Waals surface area contributed by atoms with Crippen LogP contribution in [0.25, 0.3) is 0 Å². The third kappa shape index (κ3) is 22.9. The fraction of sp³-hybridized carbons (Fsp3) is 0.929. The van der Waals surface area contributed by atoms with E-state index in [2.05, 4.69) is 26.6 Å². The summed E-state index contributed by atoms with van der Waals surface area (Å²) < 4.78 is 116. The molecule has 0 radical (unpaired) electrons. The summed E-state index contributed by atoms with van der Waals surface area (Å²) >= 11 is 0. The van der Waals surface area contributed by atoms with Crippen LogP contribution in [0.2, 0.25) is 0 Å². The molecule has 0 bridgehead atoms. The molecule has 0 saturated carbocycles. The molecule has 0 aliphatic carbocycles. The zero-order valence-electron chi connectivity index (χ0n) is 67.8. The normalized spacial score (nSPS) is 48.4. The first-order valence-electron chi connectivity index (χ1n) is 40.1. The maximum atomic E-state index is 13.4. The number of hydrogen-bond donors (Lipinski definition) is 32. The Hall–Kier alpha value is -4.49. The van der Waals surface area contributed by atoms with E-state index in [-0.39, 0.29) is 0 Å². The van der Waals surface area contributed by atoms with Gasteiger partial charge in [-0.05, 0) is 0 Å². The van der Waals surface area contributed by atoms with Crippen molar-refractivity contribution in [1.82, 2.24) is 26.6 Å². The minimum Gasteiger partial charge on any atom is -0.394 e. The van der Waals surface area contributed by atoms with Gasteiger partial charge in [0.1, 0.15) is 244 Å². The van der Waals surface area contributed by atoms with Gasteiger partial charge < -0.3 is 254 Å². The standard InChI is InChI=1S/C70H117N5O51/c1-16(85)71-31-44(98)53(28(13-83)109-61(31)107)119-63-33(73-18(3)87)45(99)54(29(14-84)117-63)120-68-52(106)58(124-70-60(49(103)40(94)25(10-80)116-70)126-65-35(75-20(5)89)57(42(96)27(12-82)112-65)123-67-51(105)47(101)38(92)23(8-78)114-67)55(121-62-32(72-17(2)86)43(97)36(90)21(6-76)110-62)30(118-68)15-108-69-59(48(102)39(93)24(9-79)115-69)125-64-34(74-19(4)88)56(41(95)26(11-81)111-64)122-66-50(104)46(100)37(91)22(7-77)113-66/h21-70,76-84,90-107H,6-15H2,1-5H3,(H,71,85)(H,72,86)(H,73,87)(H,74,88)(H,75,89). The van der Waals surface area contributed by atoms with Gasteiger partial charge in [-0.1, -0.05) is 0 Å². The molecule has 0 spiro atoms. The number of rotatable bonds is 33. The summed E-state index contributed by atoms with van der Waals surface area (Å²) in [5.41, 5.74) is 0. The zero-order valence-corrected chi connectivity index (χ0v) is 67.8.